The Kier molecular flexibility index (Phi) is 3.64. The molecule has 25 heavy (non-hydrogen) atoms. The first-order chi connectivity index (χ1) is 12.1. The Hall–Kier alpha value is -3.29. The molecule has 1 N–H and O–H groups in total. The number of rotatable bonds is 4. The summed E-state index contributed by atoms with van der Waals surface area (Å²) in [6.07, 6.45) is 0.151. The van der Waals surface area contributed by atoms with E-state index in [1.54, 1.807) is 18.2 Å². The third-order valence-corrected chi connectivity index (χ3v) is 3.74. The minimum atomic E-state index is -0.269. The maximum atomic E-state index is 12.2. The van der Waals surface area contributed by atoms with Crippen molar-refractivity contribution < 1.29 is 23.1 Å². The lowest BCUT2D eigenvalue weighted by molar-refractivity contribution is -0.115. The van der Waals surface area contributed by atoms with Gasteiger partial charge in [-0.3, -0.25) is 10.1 Å². The third kappa shape index (κ3) is 3.06. The molecule has 1 aliphatic rings. The van der Waals surface area contributed by atoms with Crippen molar-refractivity contribution in [3.05, 3.63) is 41.3 Å². The Balaban J connectivity index is 1.44. The molecule has 0 bridgehead atoms. The van der Waals surface area contributed by atoms with Gasteiger partial charge < -0.3 is 18.3 Å². The molecule has 8 heteroatoms. The Labute approximate surface area is 142 Å². The number of nitrogens with zero attached hydrogens (tertiary/aromatic N) is 2. The average Bonchev–Trinajstić information content (AvgIpc) is 3.27. The lowest BCUT2D eigenvalue weighted by Crippen LogP contribution is -2.14. The quantitative estimate of drug-likeness (QED) is 0.779. The van der Waals surface area contributed by atoms with E-state index in [1.807, 2.05) is 19.9 Å². The number of aromatic nitrogens is 2. The van der Waals surface area contributed by atoms with Crippen molar-refractivity contribution in [2.24, 2.45) is 0 Å². The Bertz CT molecular complexity index is 944. The van der Waals surface area contributed by atoms with Crippen LogP contribution < -0.4 is 14.8 Å². The van der Waals surface area contributed by atoms with E-state index in [4.69, 9.17) is 18.3 Å². The molecule has 0 fully saturated rings. The van der Waals surface area contributed by atoms with Crippen LogP contribution >= 0.6 is 0 Å². The normalized spacial score (nSPS) is 12.4. The van der Waals surface area contributed by atoms with Crippen molar-refractivity contribution in [2.75, 3.05) is 12.1 Å². The fraction of sp³-hybridized carbons (Fsp3) is 0.235. The number of fused-ring (bicyclic) bond motifs is 1. The first-order valence-corrected chi connectivity index (χ1v) is 7.68. The zero-order chi connectivity index (χ0) is 17.4. The number of hydrogen-bond acceptors (Lipinski definition) is 7. The second-order valence-corrected chi connectivity index (χ2v) is 5.65. The number of nitrogens with one attached hydrogen (secondary N) is 1. The van der Waals surface area contributed by atoms with Crippen LogP contribution in [0.15, 0.2) is 33.1 Å². The number of furan rings is 1. The van der Waals surface area contributed by atoms with Crippen LogP contribution in [0.5, 0.6) is 11.5 Å². The number of aryl methyl sites for hydroxylation is 2. The van der Waals surface area contributed by atoms with Gasteiger partial charge in [0.15, 0.2) is 11.5 Å². The van der Waals surface area contributed by atoms with Crippen molar-refractivity contribution in [3.8, 4) is 23.0 Å². The number of anilines is 1. The summed E-state index contributed by atoms with van der Waals surface area (Å²) in [5, 5.41) is 10.4. The fourth-order valence-corrected chi connectivity index (χ4v) is 2.63. The molecule has 0 aliphatic carbocycles. The fourth-order valence-electron chi connectivity index (χ4n) is 2.63. The monoisotopic (exact) mass is 341 g/mol. The third-order valence-electron chi connectivity index (χ3n) is 3.74. The lowest BCUT2D eigenvalue weighted by Gasteiger charge is -2.02. The van der Waals surface area contributed by atoms with E-state index in [0.29, 0.717) is 28.7 Å². The van der Waals surface area contributed by atoms with Gasteiger partial charge in [0.05, 0.1) is 12.0 Å². The summed E-state index contributed by atoms with van der Waals surface area (Å²) in [5.74, 6) is 2.77. The molecule has 0 saturated heterocycles. The maximum Gasteiger partial charge on any atom is 0.322 e. The second kappa shape index (κ2) is 5.97. The van der Waals surface area contributed by atoms with Crippen LogP contribution in [0.3, 0.4) is 0 Å². The van der Waals surface area contributed by atoms with Gasteiger partial charge in [-0.1, -0.05) is 11.2 Å². The molecule has 0 atom stereocenters. The summed E-state index contributed by atoms with van der Waals surface area (Å²) < 4.78 is 21.5. The zero-order valence-corrected chi connectivity index (χ0v) is 13.7. The van der Waals surface area contributed by atoms with E-state index < -0.39 is 0 Å². The van der Waals surface area contributed by atoms with Crippen LogP contribution in [-0.2, 0) is 11.2 Å². The molecule has 128 valence electrons. The minimum absolute atomic E-state index is 0.0407. The average molecular weight is 341 g/mol. The molecular formula is C17H15N3O5. The molecule has 0 saturated carbocycles. The molecule has 1 amide bonds. The Morgan fingerprint density at radius 2 is 1.96 bits per heavy atom. The molecule has 0 unspecified atom stereocenters. The van der Waals surface area contributed by atoms with Crippen LogP contribution in [0, 0.1) is 13.8 Å². The van der Waals surface area contributed by atoms with Gasteiger partial charge >= 0.3 is 6.01 Å². The standard InChI is InChI=1S/C17H15N3O5/c1-9-5-12(10(2)24-9)16-19-20-17(25-16)18-15(21)7-11-3-4-13-14(6-11)23-8-22-13/h3-6H,7-8H2,1-2H3,(H,18,20,21). The van der Waals surface area contributed by atoms with E-state index in [-0.39, 0.29) is 25.1 Å². The predicted molar refractivity (Wildman–Crippen MR) is 86.4 cm³/mol. The number of benzene rings is 1. The highest BCUT2D eigenvalue weighted by Crippen LogP contribution is 2.32. The number of ether oxygens (including phenoxy) is 2. The topological polar surface area (TPSA) is 99.6 Å². The minimum Gasteiger partial charge on any atom is -0.466 e. The van der Waals surface area contributed by atoms with Crippen molar-refractivity contribution in [1.29, 1.82) is 0 Å². The smallest absolute Gasteiger partial charge is 0.322 e. The van der Waals surface area contributed by atoms with E-state index in [2.05, 4.69) is 15.5 Å². The molecule has 8 nitrogen and oxygen atoms in total. The number of hydrogen-bond donors (Lipinski definition) is 1. The zero-order valence-electron chi connectivity index (χ0n) is 13.7. The first kappa shape index (κ1) is 15.3. The summed E-state index contributed by atoms with van der Waals surface area (Å²) in [6.45, 7) is 3.84. The van der Waals surface area contributed by atoms with Crippen molar-refractivity contribution >= 4 is 11.9 Å². The van der Waals surface area contributed by atoms with Crippen LogP contribution in [0.2, 0.25) is 0 Å². The second-order valence-electron chi connectivity index (χ2n) is 5.65. The summed E-state index contributed by atoms with van der Waals surface area (Å²) in [5.41, 5.74) is 1.50. The van der Waals surface area contributed by atoms with Crippen LogP contribution in [0.25, 0.3) is 11.5 Å². The summed E-state index contributed by atoms with van der Waals surface area (Å²) in [7, 11) is 0. The highest BCUT2D eigenvalue weighted by molar-refractivity contribution is 5.90. The molecule has 0 spiro atoms. The van der Waals surface area contributed by atoms with Crippen molar-refractivity contribution in [3.63, 3.8) is 0 Å². The summed E-state index contributed by atoms with van der Waals surface area (Å²) >= 11 is 0. The van der Waals surface area contributed by atoms with Gasteiger partial charge in [0.2, 0.25) is 12.7 Å². The summed E-state index contributed by atoms with van der Waals surface area (Å²) in [4.78, 5) is 12.2. The highest BCUT2D eigenvalue weighted by Gasteiger charge is 2.17. The molecule has 3 heterocycles. The van der Waals surface area contributed by atoms with E-state index >= 15 is 0 Å². The Morgan fingerprint density at radius 1 is 1.12 bits per heavy atom. The van der Waals surface area contributed by atoms with E-state index in [9.17, 15) is 4.79 Å². The number of amides is 1. The van der Waals surface area contributed by atoms with Gasteiger partial charge in [0.25, 0.3) is 5.89 Å². The molecule has 1 aromatic carbocycles. The van der Waals surface area contributed by atoms with Crippen molar-refractivity contribution in [2.45, 2.75) is 20.3 Å². The maximum absolute atomic E-state index is 12.2. The molecule has 4 rings (SSSR count). The largest absolute Gasteiger partial charge is 0.466 e. The predicted octanol–water partition coefficient (Wildman–Crippen LogP) is 2.86. The van der Waals surface area contributed by atoms with Gasteiger partial charge in [-0.2, -0.15) is 0 Å². The SMILES string of the molecule is Cc1cc(-c2nnc(NC(=O)Cc3ccc4c(c3)OCO4)o2)c(C)o1. The van der Waals surface area contributed by atoms with Crippen LogP contribution in [-0.4, -0.2) is 22.9 Å². The molecular weight excluding hydrogens is 326 g/mol. The number of carbonyl (C=O) groups excluding carboxylic acids is 1. The molecule has 1 aliphatic heterocycles. The van der Waals surface area contributed by atoms with E-state index in [1.165, 1.54) is 0 Å². The van der Waals surface area contributed by atoms with Gasteiger partial charge in [-0.25, -0.2) is 0 Å². The van der Waals surface area contributed by atoms with Gasteiger partial charge in [0.1, 0.15) is 11.5 Å². The van der Waals surface area contributed by atoms with E-state index in [0.717, 1.165) is 11.3 Å². The van der Waals surface area contributed by atoms with Crippen LogP contribution in [0.1, 0.15) is 17.1 Å². The van der Waals surface area contributed by atoms with Crippen LogP contribution in [0.4, 0.5) is 6.01 Å². The Morgan fingerprint density at radius 3 is 2.76 bits per heavy atom. The van der Waals surface area contributed by atoms with Gasteiger partial charge in [-0.15, -0.1) is 5.10 Å². The summed E-state index contributed by atoms with van der Waals surface area (Å²) in [6, 6.07) is 7.21. The molecule has 2 aromatic heterocycles. The first-order valence-electron chi connectivity index (χ1n) is 7.68. The number of carbonyl (C=O) groups is 1. The molecule has 3 aromatic rings. The van der Waals surface area contributed by atoms with Crippen molar-refractivity contribution in [1.82, 2.24) is 10.2 Å². The molecule has 0 radical (unpaired) electrons. The lowest BCUT2D eigenvalue weighted by atomic mass is 10.1. The highest BCUT2D eigenvalue weighted by atomic mass is 16.7. The van der Waals surface area contributed by atoms with Gasteiger partial charge in [-0.05, 0) is 37.6 Å². The van der Waals surface area contributed by atoms with Gasteiger partial charge in [0, 0.05) is 0 Å².